The zero-order chi connectivity index (χ0) is 22.0. The molecular weight excluding hydrogens is 394 g/mol. The summed E-state index contributed by atoms with van der Waals surface area (Å²) in [6, 6.07) is 19.9. The molecular formula is C28H37N3O. The van der Waals surface area contributed by atoms with Crippen molar-refractivity contribution in [3.63, 3.8) is 0 Å². The lowest BCUT2D eigenvalue weighted by Gasteiger charge is -2.38. The largest absolute Gasteiger partial charge is 0.371 e. The van der Waals surface area contributed by atoms with Crippen LogP contribution in [0.1, 0.15) is 49.7 Å². The number of carbonyl (C=O) groups is 1. The summed E-state index contributed by atoms with van der Waals surface area (Å²) in [5, 5.41) is 0. The molecule has 3 fully saturated rings. The maximum Gasteiger partial charge on any atom is 0.228 e. The van der Waals surface area contributed by atoms with Crippen LogP contribution in [0, 0.1) is 5.41 Å². The number of amides is 1. The first kappa shape index (κ1) is 21.5. The Kier molecular flexibility index (Phi) is 6.23. The van der Waals surface area contributed by atoms with Gasteiger partial charge >= 0.3 is 0 Å². The van der Waals surface area contributed by atoms with E-state index in [1.807, 2.05) is 11.9 Å². The summed E-state index contributed by atoms with van der Waals surface area (Å²) >= 11 is 0. The number of hydrogen-bond donors (Lipinski definition) is 0. The minimum atomic E-state index is -0.142. The van der Waals surface area contributed by atoms with E-state index in [9.17, 15) is 4.79 Å². The molecule has 170 valence electrons. The summed E-state index contributed by atoms with van der Waals surface area (Å²) < 4.78 is 0. The highest BCUT2D eigenvalue weighted by Gasteiger charge is 2.51. The Labute approximate surface area is 193 Å². The average molecular weight is 432 g/mol. The molecule has 2 aromatic rings. The number of piperidine rings is 2. The quantitative estimate of drug-likeness (QED) is 0.685. The van der Waals surface area contributed by atoms with E-state index in [-0.39, 0.29) is 5.41 Å². The minimum Gasteiger partial charge on any atom is -0.371 e. The van der Waals surface area contributed by atoms with Crippen molar-refractivity contribution in [1.82, 2.24) is 9.80 Å². The number of nitrogens with zero attached hydrogens (tertiary/aromatic N) is 3. The number of likely N-dealkylation sites (tertiary alicyclic amines) is 2. The van der Waals surface area contributed by atoms with Crippen molar-refractivity contribution in [2.24, 2.45) is 5.41 Å². The summed E-state index contributed by atoms with van der Waals surface area (Å²) in [5.41, 5.74) is 4.06. The fourth-order valence-corrected chi connectivity index (χ4v) is 6.20. The predicted octanol–water partition coefficient (Wildman–Crippen LogP) is 4.73. The number of benzene rings is 2. The monoisotopic (exact) mass is 431 g/mol. The third-order valence-corrected chi connectivity index (χ3v) is 8.16. The van der Waals surface area contributed by atoms with Crippen LogP contribution in [0.25, 0.3) is 0 Å². The fourth-order valence-electron chi connectivity index (χ4n) is 6.20. The molecule has 4 nitrogen and oxygen atoms in total. The van der Waals surface area contributed by atoms with Gasteiger partial charge in [0.25, 0.3) is 0 Å². The van der Waals surface area contributed by atoms with E-state index < -0.39 is 0 Å². The molecule has 3 heterocycles. The van der Waals surface area contributed by atoms with Crippen LogP contribution in [0.15, 0.2) is 54.6 Å². The zero-order valence-corrected chi connectivity index (χ0v) is 19.5. The molecule has 1 atom stereocenters. The average Bonchev–Trinajstić information content (AvgIpc) is 3.07. The van der Waals surface area contributed by atoms with Crippen molar-refractivity contribution in [2.45, 2.75) is 57.5 Å². The van der Waals surface area contributed by atoms with E-state index in [1.165, 1.54) is 49.2 Å². The zero-order valence-electron chi connectivity index (χ0n) is 19.5. The van der Waals surface area contributed by atoms with E-state index in [1.54, 1.807) is 0 Å². The normalized spacial score (nSPS) is 23.8. The van der Waals surface area contributed by atoms with Gasteiger partial charge < -0.3 is 9.80 Å². The summed E-state index contributed by atoms with van der Waals surface area (Å²) in [4.78, 5) is 20.5. The lowest BCUT2D eigenvalue weighted by atomic mass is 9.75. The third kappa shape index (κ3) is 4.30. The van der Waals surface area contributed by atoms with E-state index in [0.717, 1.165) is 45.3 Å². The number of carbonyl (C=O) groups excluding carboxylic acids is 1. The van der Waals surface area contributed by atoms with Gasteiger partial charge in [-0.2, -0.15) is 0 Å². The number of likely N-dealkylation sites (N-methyl/N-ethyl adjacent to an activating group) is 1. The van der Waals surface area contributed by atoms with Crippen LogP contribution in [-0.2, 0) is 17.8 Å². The Balaban J connectivity index is 1.22. The van der Waals surface area contributed by atoms with Gasteiger partial charge in [-0.3, -0.25) is 9.69 Å². The van der Waals surface area contributed by atoms with Crippen LogP contribution in [-0.4, -0.2) is 55.0 Å². The van der Waals surface area contributed by atoms with Crippen LogP contribution in [0.2, 0.25) is 0 Å². The molecule has 3 aliphatic heterocycles. The standard InChI is InChI=1S/C28H37N3O/c1-29-25(20-23-10-4-2-5-11-23)21-28(27(29)32)14-18-30(19-15-28)22-24-12-6-7-13-26(24)31-16-8-3-9-17-31/h2,4-7,10-13,25H,3,8-9,14-22H2,1H3/t25-/m0/s1. The Morgan fingerprint density at radius 3 is 2.31 bits per heavy atom. The number of anilines is 1. The van der Waals surface area contributed by atoms with Crippen molar-refractivity contribution in [2.75, 3.05) is 38.1 Å². The van der Waals surface area contributed by atoms with Crippen molar-refractivity contribution >= 4 is 11.6 Å². The topological polar surface area (TPSA) is 26.8 Å². The van der Waals surface area contributed by atoms with Gasteiger partial charge in [-0.25, -0.2) is 0 Å². The summed E-state index contributed by atoms with van der Waals surface area (Å²) in [5.74, 6) is 0.381. The SMILES string of the molecule is CN1C(=O)C2(CCN(Cc3ccccc3N3CCCCC3)CC2)C[C@@H]1Cc1ccccc1. The molecule has 0 bridgehead atoms. The molecule has 2 aromatic carbocycles. The highest BCUT2D eigenvalue weighted by atomic mass is 16.2. The number of hydrogen-bond acceptors (Lipinski definition) is 3. The molecule has 1 amide bonds. The van der Waals surface area contributed by atoms with Crippen LogP contribution in [0.5, 0.6) is 0 Å². The van der Waals surface area contributed by atoms with Crippen LogP contribution < -0.4 is 4.90 Å². The molecule has 0 radical (unpaired) electrons. The Morgan fingerprint density at radius 1 is 0.875 bits per heavy atom. The Hall–Kier alpha value is -2.33. The molecule has 1 spiro atoms. The van der Waals surface area contributed by atoms with Crippen molar-refractivity contribution in [3.8, 4) is 0 Å². The molecule has 0 saturated carbocycles. The molecule has 4 heteroatoms. The summed E-state index contributed by atoms with van der Waals surface area (Å²) in [6.45, 7) is 5.41. The predicted molar refractivity (Wildman–Crippen MR) is 131 cm³/mol. The van der Waals surface area contributed by atoms with Gasteiger partial charge in [0.1, 0.15) is 0 Å². The van der Waals surface area contributed by atoms with Gasteiger partial charge in [0.15, 0.2) is 0 Å². The second-order valence-corrected chi connectivity index (χ2v) is 10.2. The van der Waals surface area contributed by atoms with Gasteiger partial charge in [0.05, 0.1) is 5.41 Å². The fraction of sp³-hybridized carbons (Fsp3) is 0.536. The third-order valence-electron chi connectivity index (χ3n) is 8.16. The second kappa shape index (κ2) is 9.27. The molecule has 32 heavy (non-hydrogen) atoms. The van der Waals surface area contributed by atoms with Crippen molar-refractivity contribution in [1.29, 1.82) is 0 Å². The molecule has 3 saturated heterocycles. The van der Waals surface area contributed by atoms with Gasteiger partial charge in [-0.15, -0.1) is 0 Å². The maximum absolute atomic E-state index is 13.3. The molecule has 3 aliphatic rings. The smallest absolute Gasteiger partial charge is 0.228 e. The first-order chi connectivity index (χ1) is 15.6. The van der Waals surface area contributed by atoms with E-state index in [4.69, 9.17) is 0 Å². The van der Waals surface area contributed by atoms with E-state index in [0.29, 0.717) is 11.9 Å². The molecule has 5 rings (SSSR count). The first-order valence-electron chi connectivity index (χ1n) is 12.5. The maximum atomic E-state index is 13.3. The molecule has 0 N–H and O–H groups in total. The van der Waals surface area contributed by atoms with Gasteiger partial charge in [0.2, 0.25) is 5.91 Å². The van der Waals surface area contributed by atoms with Crippen molar-refractivity contribution in [3.05, 3.63) is 65.7 Å². The molecule has 0 aromatic heterocycles. The number of rotatable bonds is 5. The Morgan fingerprint density at radius 2 is 1.56 bits per heavy atom. The Bertz CT molecular complexity index is 913. The van der Waals surface area contributed by atoms with E-state index >= 15 is 0 Å². The second-order valence-electron chi connectivity index (χ2n) is 10.2. The molecule has 0 aliphatic carbocycles. The van der Waals surface area contributed by atoms with Crippen LogP contribution >= 0.6 is 0 Å². The number of para-hydroxylation sites is 1. The van der Waals surface area contributed by atoms with Crippen LogP contribution in [0.4, 0.5) is 5.69 Å². The van der Waals surface area contributed by atoms with Gasteiger partial charge in [-0.05, 0) is 75.2 Å². The van der Waals surface area contributed by atoms with Gasteiger partial charge in [-0.1, -0.05) is 48.5 Å². The lowest BCUT2D eigenvalue weighted by Crippen LogP contribution is -2.44. The molecule has 0 unspecified atom stereocenters. The van der Waals surface area contributed by atoms with Crippen LogP contribution in [0.3, 0.4) is 0 Å². The first-order valence-corrected chi connectivity index (χ1v) is 12.5. The summed E-state index contributed by atoms with van der Waals surface area (Å²) in [6.07, 6.45) is 7.94. The van der Waals surface area contributed by atoms with Crippen molar-refractivity contribution < 1.29 is 4.79 Å². The minimum absolute atomic E-state index is 0.142. The lowest BCUT2D eigenvalue weighted by molar-refractivity contribution is -0.137. The summed E-state index contributed by atoms with van der Waals surface area (Å²) in [7, 11) is 2.02. The van der Waals surface area contributed by atoms with E-state index in [2.05, 4.69) is 64.4 Å². The van der Waals surface area contributed by atoms with Gasteiger partial charge in [0, 0.05) is 38.4 Å². The highest BCUT2D eigenvalue weighted by molar-refractivity contribution is 5.85. The highest BCUT2D eigenvalue weighted by Crippen LogP contribution is 2.45.